The molecule has 6 nitrogen and oxygen atoms in total. The van der Waals surface area contributed by atoms with Gasteiger partial charge in [-0.1, -0.05) is 33.6 Å². The highest BCUT2D eigenvalue weighted by molar-refractivity contribution is 5.96. The third-order valence-corrected chi connectivity index (χ3v) is 8.03. The molecule has 1 aromatic carbocycles. The van der Waals surface area contributed by atoms with Crippen molar-refractivity contribution >= 4 is 34.2 Å². The van der Waals surface area contributed by atoms with Gasteiger partial charge in [0.05, 0.1) is 5.52 Å². The zero-order valence-electron chi connectivity index (χ0n) is 21.2. The van der Waals surface area contributed by atoms with Gasteiger partial charge in [0.15, 0.2) is 0 Å². The molecule has 4 rings (SSSR count). The van der Waals surface area contributed by atoms with E-state index in [4.69, 9.17) is 4.98 Å². The normalized spacial score (nSPS) is 23.6. The highest BCUT2D eigenvalue weighted by Gasteiger charge is 2.28. The van der Waals surface area contributed by atoms with Gasteiger partial charge >= 0.3 is 0 Å². The number of nitrogens with zero attached hydrogens (tertiary/aromatic N) is 2. The molecule has 2 amide bonds. The lowest BCUT2D eigenvalue weighted by Gasteiger charge is -2.34. The lowest BCUT2D eigenvalue weighted by atomic mass is 9.78. The van der Waals surface area contributed by atoms with E-state index in [0.717, 1.165) is 59.8 Å². The largest absolute Gasteiger partial charge is 0.357 e. The Morgan fingerprint density at radius 2 is 1.74 bits per heavy atom. The maximum atomic E-state index is 12.5. The fourth-order valence-electron chi connectivity index (χ4n) is 5.37. The van der Waals surface area contributed by atoms with Gasteiger partial charge in [-0.15, -0.1) is 0 Å². The van der Waals surface area contributed by atoms with Crippen molar-refractivity contribution in [1.82, 2.24) is 10.3 Å². The van der Waals surface area contributed by atoms with Gasteiger partial charge in [0.1, 0.15) is 5.82 Å². The quantitative estimate of drug-likeness (QED) is 0.597. The van der Waals surface area contributed by atoms with Crippen molar-refractivity contribution in [1.29, 1.82) is 0 Å². The van der Waals surface area contributed by atoms with Gasteiger partial charge in [-0.05, 0) is 73.8 Å². The molecular formula is C28H40N4O2. The van der Waals surface area contributed by atoms with Crippen LogP contribution < -0.4 is 15.5 Å². The van der Waals surface area contributed by atoms with E-state index in [1.54, 1.807) is 0 Å². The summed E-state index contributed by atoms with van der Waals surface area (Å²) in [5.41, 5.74) is 2.85. The summed E-state index contributed by atoms with van der Waals surface area (Å²) in [6, 6.07) is 8.25. The first-order valence-corrected chi connectivity index (χ1v) is 13.1. The molecule has 3 atom stereocenters. The van der Waals surface area contributed by atoms with E-state index in [0.29, 0.717) is 11.8 Å². The minimum absolute atomic E-state index is 0.0284. The molecule has 2 aromatic rings. The molecule has 34 heavy (non-hydrogen) atoms. The Morgan fingerprint density at radius 1 is 1.00 bits per heavy atom. The standard InChI is InChI=1S/C28H40N4O2/c1-18-12-14-32(15-13-18)26-16-20(3)23-17-22(8-9-25(23)30-26)29-27(33)10-11-28(34)31-24-7-5-6-19(2)21(24)4/h8-9,16-19,21,24H,5-7,10-15H2,1-4H3,(H,29,33)(H,31,34)/t19-,21-,24-/m1/s1. The maximum absolute atomic E-state index is 12.5. The van der Waals surface area contributed by atoms with Crippen LogP contribution in [0.15, 0.2) is 24.3 Å². The topological polar surface area (TPSA) is 74.3 Å². The zero-order valence-corrected chi connectivity index (χ0v) is 21.2. The maximum Gasteiger partial charge on any atom is 0.224 e. The molecule has 1 saturated heterocycles. The van der Waals surface area contributed by atoms with E-state index < -0.39 is 0 Å². The van der Waals surface area contributed by atoms with Gasteiger partial charge in [0.25, 0.3) is 0 Å². The van der Waals surface area contributed by atoms with Crippen LogP contribution in [-0.4, -0.2) is 35.9 Å². The minimum atomic E-state index is -0.135. The molecule has 0 unspecified atom stereocenters. The number of nitrogens with one attached hydrogen (secondary N) is 2. The Bertz CT molecular complexity index is 1030. The lowest BCUT2D eigenvalue weighted by molar-refractivity contribution is -0.125. The summed E-state index contributed by atoms with van der Waals surface area (Å²) in [7, 11) is 0. The Balaban J connectivity index is 1.32. The number of anilines is 2. The molecule has 0 spiro atoms. The van der Waals surface area contributed by atoms with Crippen molar-refractivity contribution in [2.24, 2.45) is 17.8 Å². The van der Waals surface area contributed by atoms with Crippen LogP contribution in [0, 0.1) is 24.7 Å². The number of benzene rings is 1. The lowest BCUT2D eigenvalue weighted by Crippen LogP contribution is -2.43. The minimum Gasteiger partial charge on any atom is -0.357 e. The number of pyridine rings is 1. The van der Waals surface area contributed by atoms with Crippen molar-refractivity contribution in [2.75, 3.05) is 23.3 Å². The van der Waals surface area contributed by atoms with E-state index in [-0.39, 0.29) is 30.7 Å². The average molecular weight is 465 g/mol. The second-order valence-electron chi connectivity index (χ2n) is 10.7. The number of piperidine rings is 1. The third-order valence-electron chi connectivity index (χ3n) is 8.03. The SMILES string of the molecule is Cc1cc(N2CCC(C)CC2)nc2ccc(NC(=O)CCC(=O)N[C@@H]3CCC[C@@H](C)[C@H]3C)cc12. The number of hydrogen-bond donors (Lipinski definition) is 2. The summed E-state index contributed by atoms with van der Waals surface area (Å²) < 4.78 is 0. The van der Waals surface area contributed by atoms with Crippen LogP contribution in [0.4, 0.5) is 11.5 Å². The summed E-state index contributed by atoms with van der Waals surface area (Å²) >= 11 is 0. The van der Waals surface area contributed by atoms with Crippen LogP contribution in [0.1, 0.15) is 71.3 Å². The molecule has 2 aliphatic rings. The van der Waals surface area contributed by atoms with Crippen LogP contribution in [0.2, 0.25) is 0 Å². The first kappa shape index (κ1) is 24.5. The monoisotopic (exact) mass is 464 g/mol. The van der Waals surface area contributed by atoms with E-state index in [2.05, 4.69) is 49.3 Å². The Morgan fingerprint density at radius 3 is 2.50 bits per heavy atom. The molecule has 0 bridgehead atoms. The average Bonchev–Trinajstić information content (AvgIpc) is 2.81. The van der Waals surface area contributed by atoms with Crippen LogP contribution in [0.3, 0.4) is 0 Å². The second kappa shape index (κ2) is 10.7. The summed E-state index contributed by atoms with van der Waals surface area (Å²) in [6.45, 7) is 11.0. The van der Waals surface area contributed by atoms with Crippen molar-refractivity contribution in [3.05, 3.63) is 29.8 Å². The molecule has 1 aliphatic carbocycles. The van der Waals surface area contributed by atoms with Gasteiger partial charge in [-0.3, -0.25) is 9.59 Å². The number of amides is 2. The van der Waals surface area contributed by atoms with Crippen molar-refractivity contribution in [3.8, 4) is 0 Å². The highest BCUT2D eigenvalue weighted by atomic mass is 16.2. The van der Waals surface area contributed by atoms with E-state index in [1.165, 1.54) is 19.3 Å². The summed E-state index contributed by atoms with van der Waals surface area (Å²) in [4.78, 5) is 32.2. The first-order chi connectivity index (χ1) is 16.3. The van der Waals surface area contributed by atoms with Crippen LogP contribution >= 0.6 is 0 Å². The van der Waals surface area contributed by atoms with Crippen LogP contribution in [0.5, 0.6) is 0 Å². The molecule has 1 aliphatic heterocycles. The predicted molar refractivity (Wildman–Crippen MR) is 139 cm³/mol. The summed E-state index contributed by atoms with van der Waals surface area (Å²) in [6.07, 6.45) is 6.24. The molecule has 1 aromatic heterocycles. The van der Waals surface area contributed by atoms with Crippen LogP contribution in [0.25, 0.3) is 10.9 Å². The summed E-state index contributed by atoms with van der Waals surface area (Å²) in [5.74, 6) is 2.78. The van der Waals surface area contributed by atoms with E-state index in [1.807, 2.05) is 18.2 Å². The fraction of sp³-hybridized carbons (Fsp3) is 0.607. The number of rotatable bonds is 6. The van der Waals surface area contributed by atoms with Crippen molar-refractivity contribution in [3.63, 3.8) is 0 Å². The van der Waals surface area contributed by atoms with Gasteiger partial charge in [-0.2, -0.15) is 0 Å². The molecule has 6 heteroatoms. The first-order valence-electron chi connectivity index (χ1n) is 13.1. The molecule has 2 heterocycles. The van der Waals surface area contributed by atoms with Gasteiger partial charge in [-0.25, -0.2) is 4.98 Å². The van der Waals surface area contributed by atoms with Gasteiger partial charge in [0, 0.05) is 43.0 Å². The third kappa shape index (κ3) is 5.89. The molecule has 184 valence electrons. The second-order valence-corrected chi connectivity index (χ2v) is 10.7. The summed E-state index contributed by atoms with van der Waals surface area (Å²) in [5, 5.41) is 7.16. The molecule has 1 saturated carbocycles. The number of carbonyl (C=O) groups excluding carboxylic acids is 2. The number of carbonyl (C=O) groups is 2. The number of aromatic nitrogens is 1. The fourth-order valence-corrected chi connectivity index (χ4v) is 5.37. The van der Waals surface area contributed by atoms with Crippen LogP contribution in [-0.2, 0) is 9.59 Å². The number of aryl methyl sites for hydroxylation is 1. The smallest absolute Gasteiger partial charge is 0.224 e. The Hall–Kier alpha value is -2.63. The molecular weight excluding hydrogens is 424 g/mol. The Kier molecular flexibility index (Phi) is 7.74. The highest BCUT2D eigenvalue weighted by Crippen LogP contribution is 2.30. The molecule has 0 radical (unpaired) electrons. The van der Waals surface area contributed by atoms with Crippen molar-refractivity contribution < 1.29 is 9.59 Å². The van der Waals surface area contributed by atoms with E-state index in [9.17, 15) is 9.59 Å². The predicted octanol–water partition coefficient (Wildman–Crippen LogP) is 5.44. The number of hydrogen-bond acceptors (Lipinski definition) is 4. The molecule has 2 fully saturated rings. The zero-order chi connectivity index (χ0) is 24.2. The van der Waals surface area contributed by atoms with Gasteiger partial charge in [0.2, 0.25) is 11.8 Å². The number of fused-ring (bicyclic) bond motifs is 1. The molecule has 2 N–H and O–H groups in total. The van der Waals surface area contributed by atoms with Crippen molar-refractivity contribution in [2.45, 2.75) is 78.7 Å². The Labute approximate surface area is 203 Å². The van der Waals surface area contributed by atoms with E-state index >= 15 is 0 Å². The van der Waals surface area contributed by atoms with Gasteiger partial charge < -0.3 is 15.5 Å².